The number of hydrogen-bond donors (Lipinski definition) is 2. The molecule has 0 spiro atoms. The molecule has 4 atom stereocenters. The van der Waals surface area contributed by atoms with Gasteiger partial charge in [0, 0.05) is 12.3 Å². The number of methoxy groups -OCH3 is 1. The zero-order chi connectivity index (χ0) is 19.4. The molecular weight excluding hydrogens is 372 g/mol. The van der Waals surface area contributed by atoms with Gasteiger partial charge in [-0.05, 0) is 24.3 Å². The van der Waals surface area contributed by atoms with Crippen molar-refractivity contribution in [2.45, 2.75) is 62.9 Å². The van der Waals surface area contributed by atoms with E-state index in [2.05, 4.69) is 11.7 Å². The van der Waals surface area contributed by atoms with Crippen molar-refractivity contribution in [3.8, 4) is 0 Å². The van der Waals surface area contributed by atoms with Crippen LogP contribution >= 0.6 is 23.5 Å². The summed E-state index contributed by atoms with van der Waals surface area (Å²) >= 11 is 3.09. The number of esters is 1. The van der Waals surface area contributed by atoms with Crippen molar-refractivity contribution in [1.82, 2.24) is 0 Å². The Morgan fingerprint density at radius 2 is 2.12 bits per heavy atom. The molecule has 0 aromatic heterocycles. The summed E-state index contributed by atoms with van der Waals surface area (Å²) in [5.41, 5.74) is 0. The third-order valence-electron chi connectivity index (χ3n) is 4.36. The number of carbonyl (C=O) groups is 2. The van der Waals surface area contributed by atoms with Gasteiger partial charge in [-0.15, -0.1) is 11.8 Å². The van der Waals surface area contributed by atoms with Crippen molar-refractivity contribution in [3.63, 3.8) is 0 Å². The standard InChI is InChI=1S/C19H32O5S2/c1-3-4-5-7-14(20)8-9-15-16(21)12-17(22)19(15)26-11-6-10-25-13-18(23)24-2/h8-9,14-16,19-21H,3-7,10-13H2,1-2H3/b9-8+/t14-,15-,16+,19+/m0/s1. The van der Waals surface area contributed by atoms with Crippen LogP contribution in [0.5, 0.6) is 0 Å². The number of rotatable bonds is 13. The number of aliphatic hydroxyl groups is 2. The van der Waals surface area contributed by atoms with Crippen LogP contribution in [0.15, 0.2) is 12.2 Å². The minimum Gasteiger partial charge on any atom is -0.468 e. The molecule has 26 heavy (non-hydrogen) atoms. The highest BCUT2D eigenvalue weighted by atomic mass is 32.2. The topological polar surface area (TPSA) is 83.8 Å². The summed E-state index contributed by atoms with van der Waals surface area (Å²) in [5.74, 6) is 1.63. The van der Waals surface area contributed by atoms with E-state index in [-0.39, 0.29) is 29.3 Å². The van der Waals surface area contributed by atoms with E-state index in [1.165, 1.54) is 18.9 Å². The van der Waals surface area contributed by atoms with Crippen molar-refractivity contribution < 1.29 is 24.5 Å². The van der Waals surface area contributed by atoms with Gasteiger partial charge in [0.2, 0.25) is 0 Å². The molecule has 0 saturated heterocycles. The van der Waals surface area contributed by atoms with Crippen molar-refractivity contribution in [3.05, 3.63) is 12.2 Å². The highest BCUT2D eigenvalue weighted by molar-refractivity contribution is 8.01. The van der Waals surface area contributed by atoms with E-state index in [1.54, 1.807) is 17.8 Å². The highest BCUT2D eigenvalue weighted by Gasteiger charge is 2.40. The molecule has 5 nitrogen and oxygen atoms in total. The Labute approximate surface area is 165 Å². The largest absolute Gasteiger partial charge is 0.468 e. The minimum absolute atomic E-state index is 0.0832. The minimum atomic E-state index is -0.659. The molecule has 0 aromatic rings. The summed E-state index contributed by atoms with van der Waals surface area (Å²) in [6.07, 6.45) is 7.39. The van der Waals surface area contributed by atoms with Crippen molar-refractivity contribution >= 4 is 35.3 Å². The number of unbranched alkanes of at least 4 members (excludes halogenated alkanes) is 2. The summed E-state index contributed by atoms with van der Waals surface area (Å²) in [7, 11) is 1.38. The Hall–Kier alpha value is -0.500. The zero-order valence-corrected chi connectivity index (χ0v) is 17.4. The predicted octanol–water partition coefficient (Wildman–Crippen LogP) is 2.83. The fourth-order valence-corrected chi connectivity index (χ4v) is 5.15. The average molecular weight is 405 g/mol. The first-order valence-electron chi connectivity index (χ1n) is 9.32. The van der Waals surface area contributed by atoms with Gasteiger partial charge in [0.1, 0.15) is 5.78 Å². The number of thioether (sulfide) groups is 2. The van der Waals surface area contributed by atoms with Crippen molar-refractivity contribution in [2.24, 2.45) is 5.92 Å². The van der Waals surface area contributed by atoms with Crippen LogP contribution in [0.2, 0.25) is 0 Å². The summed E-state index contributed by atoms with van der Waals surface area (Å²) < 4.78 is 4.59. The number of Topliss-reactive ketones (excluding diaryl/α,β-unsaturated/α-hetero) is 1. The van der Waals surface area contributed by atoms with Gasteiger partial charge < -0.3 is 14.9 Å². The molecule has 0 aliphatic heterocycles. The van der Waals surface area contributed by atoms with E-state index >= 15 is 0 Å². The van der Waals surface area contributed by atoms with Crippen LogP contribution in [-0.2, 0) is 14.3 Å². The lowest BCUT2D eigenvalue weighted by atomic mass is 10.0. The second-order valence-electron chi connectivity index (χ2n) is 6.54. The zero-order valence-electron chi connectivity index (χ0n) is 15.8. The van der Waals surface area contributed by atoms with Gasteiger partial charge in [0.25, 0.3) is 0 Å². The number of ketones is 1. The summed E-state index contributed by atoms with van der Waals surface area (Å²) in [6, 6.07) is 0. The van der Waals surface area contributed by atoms with E-state index in [0.29, 0.717) is 5.75 Å². The number of aliphatic hydroxyl groups excluding tert-OH is 2. The number of hydrogen-bond acceptors (Lipinski definition) is 7. The maximum atomic E-state index is 12.2. The normalized spacial score (nSPS) is 24.3. The van der Waals surface area contributed by atoms with E-state index in [9.17, 15) is 19.8 Å². The van der Waals surface area contributed by atoms with E-state index in [4.69, 9.17) is 0 Å². The lowest BCUT2D eigenvalue weighted by molar-refractivity contribution is -0.137. The lowest BCUT2D eigenvalue weighted by Crippen LogP contribution is -2.22. The van der Waals surface area contributed by atoms with Crippen molar-refractivity contribution in [2.75, 3.05) is 24.4 Å². The smallest absolute Gasteiger partial charge is 0.315 e. The fraction of sp³-hybridized carbons (Fsp3) is 0.789. The van der Waals surface area contributed by atoms with Gasteiger partial charge in [0.15, 0.2) is 0 Å². The molecule has 0 amide bonds. The maximum absolute atomic E-state index is 12.2. The molecule has 150 valence electrons. The first kappa shape index (κ1) is 23.5. The third-order valence-corrected chi connectivity index (χ3v) is 6.84. The van der Waals surface area contributed by atoms with Crippen molar-refractivity contribution in [1.29, 1.82) is 0 Å². The monoisotopic (exact) mass is 404 g/mol. The first-order valence-corrected chi connectivity index (χ1v) is 11.5. The first-order chi connectivity index (χ1) is 12.5. The van der Waals surface area contributed by atoms with Gasteiger partial charge in [-0.1, -0.05) is 38.3 Å². The highest BCUT2D eigenvalue weighted by Crippen LogP contribution is 2.34. The molecule has 7 heteroatoms. The maximum Gasteiger partial charge on any atom is 0.315 e. The summed E-state index contributed by atoms with van der Waals surface area (Å²) in [5, 5.41) is 19.9. The molecule has 0 radical (unpaired) electrons. The van der Waals surface area contributed by atoms with Gasteiger partial charge in [0.05, 0.1) is 30.3 Å². The molecule has 0 unspecified atom stereocenters. The van der Waals surface area contributed by atoms with Gasteiger partial charge in [-0.2, -0.15) is 11.8 Å². The van der Waals surface area contributed by atoms with Crippen LogP contribution < -0.4 is 0 Å². The number of carbonyl (C=O) groups excluding carboxylic acids is 2. The Kier molecular flexibility index (Phi) is 12.3. The lowest BCUT2D eigenvalue weighted by Gasteiger charge is -2.17. The number of ether oxygens (including phenoxy) is 1. The molecular formula is C19H32O5S2. The van der Waals surface area contributed by atoms with Crippen LogP contribution in [0.3, 0.4) is 0 Å². The SMILES string of the molecule is CCCCC[C@H](O)/C=C/[C@H]1[C@H](O)CC(=O)[C@@H]1SCCCSCC(=O)OC. The average Bonchev–Trinajstić information content (AvgIpc) is 2.89. The molecule has 1 fully saturated rings. The van der Waals surface area contributed by atoms with E-state index in [0.717, 1.165) is 43.6 Å². The molecule has 0 bridgehead atoms. The summed E-state index contributed by atoms with van der Waals surface area (Å²) in [6.45, 7) is 2.12. The Bertz CT molecular complexity index is 455. The van der Waals surface area contributed by atoms with Crippen LogP contribution in [-0.4, -0.2) is 63.8 Å². The van der Waals surface area contributed by atoms with Gasteiger partial charge >= 0.3 is 5.97 Å². The van der Waals surface area contributed by atoms with Crippen LogP contribution in [0, 0.1) is 5.92 Å². The van der Waals surface area contributed by atoms with E-state index < -0.39 is 12.2 Å². The molecule has 0 aromatic carbocycles. The van der Waals surface area contributed by atoms with E-state index in [1.807, 2.05) is 6.08 Å². The van der Waals surface area contributed by atoms with Crippen LogP contribution in [0.1, 0.15) is 45.4 Å². The molecule has 1 aliphatic carbocycles. The Morgan fingerprint density at radius 3 is 2.81 bits per heavy atom. The summed E-state index contributed by atoms with van der Waals surface area (Å²) in [4.78, 5) is 23.2. The fourth-order valence-electron chi connectivity index (χ4n) is 2.85. The van der Waals surface area contributed by atoms with Crippen LogP contribution in [0.25, 0.3) is 0 Å². The van der Waals surface area contributed by atoms with Gasteiger partial charge in [-0.25, -0.2) is 0 Å². The third kappa shape index (κ3) is 8.93. The van der Waals surface area contributed by atoms with Gasteiger partial charge in [-0.3, -0.25) is 9.59 Å². The molecule has 1 rings (SSSR count). The Balaban J connectivity index is 2.37. The predicted molar refractivity (Wildman–Crippen MR) is 109 cm³/mol. The molecule has 1 saturated carbocycles. The molecule has 1 aliphatic rings. The molecule has 0 heterocycles. The van der Waals surface area contributed by atoms with Crippen LogP contribution in [0.4, 0.5) is 0 Å². The quantitative estimate of drug-likeness (QED) is 0.277. The second-order valence-corrected chi connectivity index (χ2v) is 8.89. The Morgan fingerprint density at radius 1 is 1.35 bits per heavy atom. The molecule has 2 N–H and O–H groups in total. The second kappa shape index (κ2) is 13.6.